The van der Waals surface area contributed by atoms with Crippen LogP contribution in [-0.2, 0) is 16.1 Å². The Morgan fingerprint density at radius 2 is 1.55 bits per heavy atom. The fraction of sp³-hybridized carbons (Fsp3) is 0.366. The number of rotatable bonds is 8. The molecule has 270 valence electrons. The molecule has 9 rings (SSSR count). The predicted molar refractivity (Wildman–Crippen MR) is 203 cm³/mol. The molecule has 1 unspecified atom stereocenters. The average Bonchev–Trinajstić information content (AvgIpc) is 3.82. The van der Waals surface area contributed by atoms with Crippen molar-refractivity contribution >= 4 is 45.8 Å². The summed E-state index contributed by atoms with van der Waals surface area (Å²) in [4.78, 5) is 50.9. The highest BCUT2D eigenvalue weighted by Crippen LogP contribution is 2.35. The van der Waals surface area contributed by atoms with E-state index in [0.29, 0.717) is 36.7 Å². The molecule has 3 aromatic carbocycles. The highest BCUT2D eigenvalue weighted by molar-refractivity contribution is 6.06. The second kappa shape index (κ2) is 14.0. The lowest BCUT2D eigenvalue weighted by Gasteiger charge is -2.34. The predicted octanol–water partition coefficient (Wildman–Crippen LogP) is 5.93. The largest absolute Gasteiger partial charge is 0.382 e. The van der Waals surface area contributed by atoms with Gasteiger partial charge in [0.05, 0.1) is 35.2 Å². The van der Waals surface area contributed by atoms with Crippen LogP contribution in [0.5, 0.6) is 0 Å². The Hall–Kier alpha value is -5.78. The van der Waals surface area contributed by atoms with E-state index >= 15 is 0 Å². The zero-order chi connectivity index (χ0) is 35.9. The fourth-order valence-corrected chi connectivity index (χ4v) is 8.51. The summed E-state index contributed by atoms with van der Waals surface area (Å²) in [6.45, 7) is 2.31. The monoisotopic (exact) mass is 709 g/mol. The van der Waals surface area contributed by atoms with Crippen molar-refractivity contribution in [3.8, 4) is 11.3 Å². The highest BCUT2D eigenvalue weighted by Gasteiger charge is 2.40. The van der Waals surface area contributed by atoms with Crippen molar-refractivity contribution in [2.75, 3.05) is 28.6 Å². The molecule has 2 saturated heterocycles. The van der Waals surface area contributed by atoms with E-state index in [1.807, 2.05) is 54.9 Å². The Bertz CT molecular complexity index is 2180. The van der Waals surface area contributed by atoms with Crippen LogP contribution in [0.2, 0.25) is 0 Å². The maximum absolute atomic E-state index is 13.3. The molecule has 0 spiro atoms. The van der Waals surface area contributed by atoms with Gasteiger partial charge in [-0.25, -0.2) is 4.98 Å². The van der Waals surface area contributed by atoms with Crippen molar-refractivity contribution in [1.82, 2.24) is 30.0 Å². The first kappa shape index (κ1) is 33.1. The lowest BCUT2D eigenvalue weighted by Crippen LogP contribution is -2.52. The van der Waals surface area contributed by atoms with Crippen molar-refractivity contribution in [2.24, 2.45) is 0 Å². The first-order valence-electron chi connectivity index (χ1n) is 18.9. The standard InChI is InChI=1S/C41H43N9O3/c51-39-16-15-38(40(52)47-39)49-25-33-32(41(49)53)7-4-10-34(33)45-28-13-11-27(12-14-28)44-29-5-3-6-31(21-29)48-19-17-30(18-20-48)50-24-26(22-43-50)37-23-42-35-8-1-2-9-36(35)46-37/h1-10,21-24,27-28,30,38,44-45H,11-20,25H2,(H,47,51,52). The van der Waals surface area contributed by atoms with E-state index in [1.165, 1.54) is 5.69 Å². The lowest BCUT2D eigenvalue weighted by atomic mass is 9.90. The maximum Gasteiger partial charge on any atom is 0.255 e. The minimum absolute atomic E-state index is 0.141. The number of carbonyl (C=O) groups excluding carboxylic acids is 3. The Morgan fingerprint density at radius 3 is 2.36 bits per heavy atom. The normalized spacial score (nSPS) is 22.2. The number of nitrogens with one attached hydrogen (secondary N) is 3. The molecule has 5 heterocycles. The fourth-order valence-electron chi connectivity index (χ4n) is 8.51. The minimum atomic E-state index is -0.610. The van der Waals surface area contributed by atoms with Gasteiger partial charge in [-0.2, -0.15) is 5.10 Å². The van der Waals surface area contributed by atoms with Crippen LogP contribution < -0.4 is 20.9 Å². The Morgan fingerprint density at radius 1 is 0.774 bits per heavy atom. The molecule has 4 aliphatic rings. The van der Waals surface area contributed by atoms with Crippen molar-refractivity contribution in [2.45, 2.75) is 82.1 Å². The van der Waals surface area contributed by atoms with E-state index in [0.717, 1.165) is 90.8 Å². The van der Waals surface area contributed by atoms with Crippen molar-refractivity contribution in [3.05, 3.63) is 96.4 Å². The van der Waals surface area contributed by atoms with Gasteiger partial charge in [-0.15, -0.1) is 0 Å². The van der Waals surface area contributed by atoms with Gasteiger partial charge in [-0.05, 0) is 87.4 Å². The molecule has 1 aliphatic carbocycles. The molecule has 3 fully saturated rings. The van der Waals surface area contributed by atoms with Crippen LogP contribution in [0.25, 0.3) is 22.3 Å². The van der Waals surface area contributed by atoms with Gasteiger partial charge in [0.15, 0.2) is 0 Å². The van der Waals surface area contributed by atoms with Gasteiger partial charge in [-0.3, -0.25) is 29.4 Å². The number of hydrogen-bond donors (Lipinski definition) is 3. The van der Waals surface area contributed by atoms with Crippen LogP contribution in [0.3, 0.4) is 0 Å². The summed E-state index contributed by atoms with van der Waals surface area (Å²) in [7, 11) is 0. The van der Waals surface area contributed by atoms with Crippen LogP contribution in [0.15, 0.2) is 85.3 Å². The van der Waals surface area contributed by atoms with Crippen molar-refractivity contribution < 1.29 is 14.4 Å². The van der Waals surface area contributed by atoms with E-state index in [2.05, 4.69) is 61.0 Å². The number of amides is 3. The summed E-state index contributed by atoms with van der Waals surface area (Å²) in [6.07, 6.45) is 12.6. The van der Waals surface area contributed by atoms with E-state index in [1.54, 1.807) is 4.90 Å². The molecule has 0 radical (unpaired) electrons. The van der Waals surface area contributed by atoms with Crippen LogP contribution >= 0.6 is 0 Å². The minimum Gasteiger partial charge on any atom is -0.382 e. The van der Waals surface area contributed by atoms with Gasteiger partial charge >= 0.3 is 0 Å². The summed E-state index contributed by atoms with van der Waals surface area (Å²) in [5.41, 5.74) is 8.57. The van der Waals surface area contributed by atoms with Crippen molar-refractivity contribution in [3.63, 3.8) is 0 Å². The van der Waals surface area contributed by atoms with Crippen LogP contribution in [0, 0.1) is 0 Å². The van der Waals surface area contributed by atoms with E-state index in [4.69, 9.17) is 10.1 Å². The molecule has 3 aliphatic heterocycles. The highest BCUT2D eigenvalue weighted by atomic mass is 16.2. The van der Waals surface area contributed by atoms with Crippen LogP contribution in [0.1, 0.15) is 73.3 Å². The van der Waals surface area contributed by atoms with Gasteiger partial charge in [0.25, 0.3) is 5.91 Å². The third kappa shape index (κ3) is 6.69. The second-order valence-electron chi connectivity index (χ2n) is 14.8. The third-order valence-electron chi connectivity index (χ3n) is 11.4. The summed E-state index contributed by atoms with van der Waals surface area (Å²) < 4.78 is 2.10. The smallest absolute Gasteiger partial charge is 0.255 e. The molecule has 2 aromatic heterocycles. The number of imide groups is 1. The number of fused-ring (bicyclic) bond motifs is 2. The van der Waals surface area contributed by atoms with Crippen LogP contribution in [-0.4, -0.2) is 73.6 Å². The molecule has 1 saturated carbocycles. The summed E-state index contributed by atoms with van der Waals surface area (Å²) >= 11 is 0. The maximum atomic E-state index is 13.3. The Labute approximate surface area is 308 Å². The van der Waals surface area contributed by atoms with Gasteiger partial charge in [0, 0.05) is 78.1 Å². The molecule has 12 nitrogen and oxygen atoms in total. The molecule has 53 heavy (non-hydrogen) atoms. The molecule has 12 heteroatoms. The van der Waals surface area contributed by atoms with Gasteiger partial charge in [0.2, 0.25) is 11.8 Å². The molecule has 3 amide bonds. The molecule has 3 N–H and O–H groups in total. The Kier molecular flexibility index (Phi) is 8.73. The molecule has 1 atom stereocenters. The number of piperidine rings is 2. The first-order chi connectivity index (χ1) is 25.9. The zero-order valence-corrected chi connectivity index (χ0v) is 29.6. The summed E-state index contributed by atoms with van der Waals surface area (Å²) in [5, 5.41) is 14.7. The molecule has 5 aromatic rings. The number of nitrogens with zero attached hydrogens (tertiary/aromatic N) is 6. The first-order valence-corrected chi connectivity index (χ1v) is 18.9. The average molecular weight is 710 g/mol. The van der Waals surface area contributed by atoms with Gasteiger partial charge in [-0.1, -0.05) is 24.3 Å². The number of carbonyl (C=O) groups is 3. The molecular formula is C41H43N9O3. The topological polar surface area (TPSA) is 137 Å². The summed E-state index contributed by atoms with van der Waals surface area (Å²) in [5.74, 6) is -0.800. The second-order valence-corrected chi connectivity index (χ2v) is 14.8. The SMILES string of the molecule is O=C1CCC(N2Cc3c(NC4CCC(Nc5cccc(N6CCC(n7cc(-c8cnc9ccccc9n8)cn7)CC6)c5)CC4)cccc3C2=O)C(=O)N1. The number of anilines is 3. The Balaban J connectivity index is 0.769. The molecule has 0 bridgehead atoms. The number of aromatic nitrogens is 4. The van der Waals surface area contributed by atoms with E-state index in [9.17, 15) is 14.4 Å². The number of para-hydroxylation sites is 2. The third-order valence-corrected chi connectivity index (χ3v) is 11.4. The van der Waals surface area contributed by atoms with Crippen molar-refractivity contribution in [1.29, 1.82) is 0 Å². The number of benzene rings is 3. The van der Waals surface area contributed by atoms with E-state index < -0.39 is 6.04 Å². The lowest BCUT2D eigenvalue weighted by molar-refractivity contribution is -0.136. The van der Waals surface area contributed by atoms with Crippen LogP contribution in [0.4, 0.5) is 17.1 Å². The van der Waals surface area contributed by atoms with Gasteiger partial charge in [0.1, 0.15) is 6.04 Å². The van der Waals surface area contributed by atoms with E-state index in [-0.39, 0.29) is 24.1 Å². The quantitative estimate of drug-likeness (QED) is 0.168. The molecular weight excluding hydrogens is 667 g/mol. The zero-order valence-electron chi connectivity index (χ0n) is 29.6. The van der Waals surface area contributed by atoms with Gasteiger partial charge < -0.3 is 20.4 Å². The number of hydrogen-bond acceptors (Lipinski definition) is 9. The summed E-state index contributed by atoms with van der Waals surface area (Å²) in [6, 6.07) is 23.0.